The van der Waals surface area contributed by atoms with E-state index in [9.17, 15) is 5.11 Å². The summed E-state index contributed by atoms with van der Waals surface area (Å²) in [5, 5.41) is 19.0. The number of nitrogens with one attached hydrogen (secondary N) is 1. The van der Waals surface area contributed by atoms with Crippen molar-refractivity contribution in [3.05, 3.63) is 27.3 Å². The molecule has 0 saturated carbocycles. The number of aromatic hydroxyl groups is 1. The van der Waals surface area contributed by atoms with Gasteiger partial charge in [-0.1, -0.05) is 6.07 Å². The maximum atomic E-state index is 9.38. The third-order valence-corrected chi connectivity index (χ3v) is 2.76. The van der Waals surface area contributed by atoms with Crippen molar-refractivity contribution in [3.8, 4) is 11.9 Å². The van der Waals surface area contributed by atoms with Gasteiger partial charge in [-0.15, -0.1) is 0 Å². The van der Waals surface area contributed by atoms with Gasteiger partial charge in [0, 0.05) is 8.96 Å². The molecular formula is C9H5IN2O. The van der Waals surface area contributed by atoms with Crippen molar-refractivity contribution in [1.82, 2.24) is 4.98 Å². The Hall–Kier alpha value is -1.22. The lowest BCUT2D eigenvalue weighted by Crippen LogP contribution is -1.75. The van der Waals surface area contributed by atoms with Crippen LogP contribution in [0.2, 0.25) is 0 Å². The van der Waals surface area contributed by atoms with E-state index in [1.807, 2.05) is 24.3 Å². The van der Waals surface area contributed by atoms with E-state index in [4.69, 9.17) is 5.26 Å². The van der Waals surface area contributed by atoms with Gasteiger partial charge in [0.15, 0.2) is 0 Å². The Morgan fingerprint density at radius 1 is 1.46 bits per heavy atom. The normalized spacial score (nSPS) is 10.2. The molecule has 0 fully saturated rings. The van der Waals surface area contributed by atoms with Crippen LogP contribution in [0.25, 0.3) is 10.9 Å². The van der Waals surface area contributed by atoms with Crippen LogP contribution < -0.4 is 0 Å². The van der Waals surface area contributed by atoms with Crippen LogP contribution in [0.4, 0.5) is 0 Å². The lowest BCUT2D eigenvalue weighted by Gasteiger charge is -1.92. The summed E-state index contributed by atoms with van der Waals surface area (Å²) < 4.78 is 0.961. The first kappa shape index (κ1) is 8.38. The van der Waals surface area contributed by atoms with Gasteiger partial charge in [0.05, 0.1) is 5.52 Å². The third kappa shape index (κ3) is 1.16. The number of aromatic amines is 1. The van der Waals surface area contributed by atoms with Crippen LogP contribution in [0, 0.1) is 14.9 Å². The van der Waals surface area contributed by atoms with Gasteiger partial charge in [-0.05, 0) is 34.7 Å². The summed E-state index contributed by atoms with van der Waals surface area (Å²) in [6, 6.07) is 7.58. The van der Waals surface area contributed by atoms with E-state index >= 15 is 0 Å². The lowest BCUT2D eigenvalue weighted by atomic mass is 10.2. The summed E-state index contributed by atoms with van der Waals surface area (Å²) in [6.07, 6.45) is 0. The second-order valence-electron chi connectivity index (χ2n) is 2.62. The minimum atomic E-state index is -0.0541. The first-order chi connectivity index (χ1) is 6.24. The number of nitrogens with zero attached hydrogens (tertiary/aromatic N) is 1. The molecule has 0 bridgehead atoms. The molecule has 1 aromatic heterocycles. The van der Waals surface area contributed by atoms with Gasteiger partial charge in [-0.25, -0.2) is 0 Å². The van der Waals surface area contributed by atoms with Crippen LogP contribution in [-0.4, -0.2) is 10.1 Å². The second kappa shape index (κ2) is 2.92. The zero-order valence-electron chi connectivity index (χ0n) is 6.50. The molecule has 2 rings (SSSR count). The van der Waals surface area contributed by atoms with Gasteiger partial charge in [-0.2, -0.15) is 5.26 Å². The van der Waals surface area contributed by atoms with Crippen LogP contribution >= 0.6 is 22.6 Å². The molecule has 0 aliphatic rings. The Labute approximate surface area is 88.1 Å². The number of hydrogen-bond donors (Lipinski definition) is 2. The van der Waals surface area contributed by atoms with Gasteiger partial charge in [0.25, 0.3) is 0 Å². The van der Waals surface area contributed by atoms with Crippen LogP contribution in [-0.2, 0) is 0 Å². The number of benzene rings is 1. The SMILES string of the molecule is N#Cc1c(O)[nH]c2cccc(I)c12. The minimum absolute atomic E-state index is 0.0541. The van der Waals surface area contributed by atoms with Gasteiger partial charge in [-0.3, -0.25) is 0 Å². The summed E-state index contributed by atoms with van der Waals surface area (Å²) in [7, 11) is 0. The van der Waals surface area contributed by atoms with Crippen molar-refractivity contribution in [2.24, 2.45) is 0 Å². The predicted molar refractivity (Wildman–Crippen MR) is 57.4 cm³/mol. The fraction of sp³-hybridized carbons (Fsp3) is 0. The van der Waals surface area contributed by atoms with Gasteiger partial charge in [0.2, 0.25) is 5.88 Å². The molecule has 0 amide bonds. The van der Waals surface area contributed by atoms with E-state index in [-0.39, 0.29) is 5.88 Å². The summed E-state index contributed by atoms with van der Waals surface area (Å²) in [5.74, 6) is -0.0541. The fourth-order valence-corrected chi connectivity index (χ4v) is 2.07. The van der Waals surface area contributed by atoms with Crippen LogP contribution in [0.1, 0.15) is 5.56 Å². The highest BCUT2D eigenvalue weighted by atomic mass is 127. The highest BCUT2D eigenvalue weighted by Gasteiger charge is 2.11. The Morgan fingerprint density at radius 3 is 2.92 bits per heavy atom. The topological polar surface area (TPSA) is 59.8 Å². The smallest absolute Gasteiger partial charge is 0.207 e. The largest absolute Gasteiger partial charge is 0.494 e. The van der Waals surface area contributed by atoms with E-state index in [2.05, 4.69) is 27.6 Å². The number of rotatable bonds is 0. The first-order valence-electron chi connectivity index (χ1n) is 3.63. The Kier molecular flexibility index (Phi) is 1.88. The number of hydrogen-bond acceptors (Lipinski definition) is 2. The van der Waals surface area contributed by atoms with Crippen molar-refractivity contribution >= 4 is 33.5 Å². The van der Waals surface area contributed by atoms with Crippen LogP contribution in [0.5, 0.6) is 5.88 Å². The third-order valence-electron chi connectivity index (χ3n) is 1.87. The zero-order chi connectivity index (χ0) is 9.42. The average Bonchev–Trinajstić information content (AvgIpc) is 2.42. The number of fused-ring (bicyclic) bond motifs is 1. The highest BCUT2D eigenvalue weighted by molar-refractivity contribution is 14.1. The van der Waals surface area contributed by atoms with Gasteiger partial charge in [0.1, 0.15) is 11.6 Å². The molecule has 0 radical (unpaired) electrons. The zero-order valence-corrected chi connectivity index (χ0v) is 8.66. The monoisotopic (exact) mass is 284 g/mol. The highest BCUT2D eigenvalue weighted by Crippen LogP contribution is 2.29. The van der Waals surface area contributed by atoms with Crippen LogP contribution in [0.3, 0.4) is 0 Å². The fourth-order valence-electron chi connectivity index (χ4n) is 1.30. The van der Waals surface area contributed by atoms with Gasteiger partial charge < -0.3 is 10.1 Å². The molecule has 0 saturated heterocycles. The van der Waals surface area contributed by atoms with Crippen molar-refractivity contribution < 1.29 is 5.11 Å². The minimum Gasteiger partial charge on any atom is -0.494 e. The van der Waals surface area contributed by atoms with Crippen molar-refractivity contribution in [2.75, 3.05) is 0 Å². The quantitative estimate of drug-likeness (QED) is 0.729. The van der Waals surface area contributed by atoms with Crippen molar-refractivity contribution in [1.29, 1.82) is 5.26 Å². The molecule has 64 valence electrons. The maximum Gasteiger partial charge on any atom is 0.207 e. The summed E-state index contributed by atoms with van der Waals surface area (Å²) in [4.78, 5) is 2.75. The molecule has 1 aromatic carbocycles. The standard InChI is InChI=1S/C9H5IN2O/c10-6-2-1-3-7-8(6)5(4-11)9(13)12-7/h1-3,12-13H. The number of aromatic nitrogens is 1. The second-order valence-corrected chi connectivity index (χ2v) is 3.78. The Balaban J connectivity index is 2.99. The summed E-state index contributed by atoms with van der Waals surface area (Å²) in [6.45, 7) is 0. The molecule has 4 heteroatoms. The van der Waals surface area contributed by atoms with E-state index in [1.165, 1.54) is 0 Å². The predicted octanol–water partition coefficient (Wildman–Crippen LogP) is 2.35. The van der Waals surface area contributed by atoms with E-state index < -0.39 is 0 Å². The van der Waals surface area contributed by atoms with E-state index in [1.54, 1.807) is 0 Å². The molecule has 2 aromatic rings. The van der Waals surface area contributed by atoms with Gasteiger partial charge >= 0.3 is 0 Å². The molecule has 0 unspecified atom stereocenters. The molecule has 1 heterocycles. The molecular weight excluding hydrogens is 279 g/mol. The molecule has 0 atom stereocenters. The first-order valence-corrected chi connectivity index (χ1v) is 4.71. The molecule has 13 heavy (non-hydrogen) atoms. The number of nitriles is 1. The number of H-pyrrole nitrogens is 1. The van der Waals surface area contributed by atoms with Crippen LogP contribution in [0.15, 0.2) is 18.2 Å². The Bertz CT molecular complexity index is 510. The summed E-state index contributed by atoms with van der Waals surface area (Å²) >= 11 is 2.14. The molecule has 0 aliphatic heterocycles. The van der Waals surface area contributed by atoms with E-state index in [0.29, 0.717) is 5.56 Å². The average molecular weight is 284 g/mol. The summed E-state index contributed by atoms with van der Waals surface area (Å²) in [5.41, 5.74) is 1.11. The molecule has 0 spiro atoms. The molecule has 0 aliphatic carbocycles. The molecule has 3 nitrogen and oxygen atoms in total. The van der Waals surface area contributed by atoms with Crippen molar-refractivity contribution in [3.63, 3.8) is 0 Å². The Morgan fingerprint density at radius 2 is 2.23 bits per heavy atom. The maximum absolute atomic E-state index is 9.38. The molecule has 2 N–H and O–H groups in total. The van der Waals surface area contributed by atoms with E-state index in [0.717, 1.165) is 14.5 Å². The number of halogens is 1. The van der Waals surface area contributed by atoms with Crippen molar-refractivity contribution in [2.45, 2.75) is 0 Å². The lowest BCUT2D eigenvalue weighted by molar-refractivity contribution is 0.457.